The third kappa shape index (κ3) is 63.6. The molecule has 362 valence electrons. The molecule has 1 amide bonds. The number of hydrogen-bond acceptors (Lipinski definition) is 21. The molecule has 0 unspecified atom stereocenters. The lowest BCUT2D eigenvalue weighted by atomic mass is 10.1. The molecule has 0 fully saturated rings. The van der Waals surface area contributed by atoms with E-state index in [9.17, 15) is 47.9 Å². The van der Waals surface area contributed by atoms with E-state index in [4.69, 9.17) is 107 Å². The zero-order valence-corrected chi connectivity index (χ0v) is 34.1. The van der Waals surface area contributed by atoms with Crippen LogP contribution in [0, 0.1) is 5.92 Å². The van der Waals surface area contributed by atoms with Crippen LogP contribution < -0.4 is 51.6 Å². The summed E-state index contributed by atoms with van der Waals surface area (Å²) in [5.41, 5.74) is 43.8. The smallest absolute Gasteiger partial charge is 0.323 e. The van der Waals surface area contributed by atoms with Crippen molar-refractivity contribution in [1.82, 2.24) is 0 Å². The van der Waals surface area contributed by atoms with Crippen molar-refractivity contribution in [3.63, 3.8) is 0 Å². The molecule has 0 saturated heterocycles. The molecule has 0 radical (unpaired) electrons. The molecule has 0 saturated carbocycles. The number of carbonyl (C=O) groups excluding carboxylic acids is 1. The van der Waals surface area contributed by atoms with E-state index < -0.39 is 133 Å². The SMILES string of the molecule is CC(C)[C@H](N)C(=O)O.C[C@@H](O)[C@H](N)C(=O)O.C[C@@H](O)[C@H](N)C(=O)O.C[C@H](N)C(=O)O.C[C@H](N)C(=O)O.NC(=O)C[C@H](N)C(=O)O.N[C@@H](CC(=O)O)C(=O)O.N[C@@H](CO)C(=O)O. The van der Waals surface area contributed by atoms with E-state index in [1.54, 1.807) is 13.8 Å². The summed E-state index contributed by atoms with van der Waals surface area (Å²) < 4.78 is 0. The van der Waals surface area contributed by atoms with Crippen molar-refractivity contribution in [2.24, 2.45) is 57.5 Å². The van der Waals surface area contributed by atoms with Crippen molar-refractivity contribution < 1.29 is 109 Å². The molecular weight excluding hydrogens is 838 g/mol. The first kappa shape index (κ1) is 72.8. The number of carboxylic acids is 9. The van der Waals surface area contributed by atoms with Crippen LogP contribution in [0.5, 0.6) is 0 Å². The van der Waals surface area contributed by atoms with Crippen LogP contribution >= 0.6 is 0 Å². The predicted molar refractivity (Wildman–Crippen MR) is 208 cm³/mol. The number of hydrogen-bond donors (Lipinski definition) is 21. The molecule has 61 heavy (non-hydrogen) atoms. The van der Waals surface area contributed by atoms with E-state index in [0.717, 1.165) is 0 Å². The third-order valence-corrected chi connectivity index (χ3v) is 5.36. The van der Waals surface area contributed by atoms with E-state index in [2.05, 4.69) is 5.73 Å². The van der Waals surface area contributed by atoms with Gasteiger partial charge in [-0.05, 0) is 33.6 Å². The van der Waals surface area contributed by atoms with Gasteiger partial charge in [0.05, 0.1) is 31.7 Å². The monoisotopic (exact) mass is 903 g/mol. The van der Waals surface area contributed by atoms with Gasteiger partial charge in [0.15, 0.2) is 0 Å². The summed E-state index contributed by atoms with van der Waals surface area (Å²) in [5, 5.41) is 97.1. The van der Waals surface area contributed by atoms with Crippen molar-refractivity contribution in [3.05, 3.63) is 0 Å². The lowest BCUT2D eigenvalue weighted by Crippen LogP contribution is -2.39. The molecular formula is C30H65N9O22. The first-order valence-electron chi connectivity index (χ1n) is 16.5. The molecule has 0 heterocycles. The lowest BCUT2D eigenvalue weighted by Gasteiger charge is -2.07. The van der Waals surface area contributed by atoms with Gasteiger partial charge in [0.1, 0.15) is 48.3 Å². The normalized spacial score (nSPS) is 14.3. The van der Waals surface area contributed by atoms with E-state index in [-0.39, 0.29) is 12.3 Å². The number of carbonyl (C=O) groups is 10. The molecule has 0 bridgehead atoms. The standard InChI is InChI=1S/C5H11NO2.C4H8N2O3.C4H7NO4.2C4H9NO3.C3H7NO3.2C3H7NO2/c1-3(2)4(6)5(7)8;2*5-2(4(8)9)1-3(6)7;2*1-2(6)3(5)4(7)8;4-2(1-5)3(6)7;2*1-2(4)3(5)6/h3-4H,6H2,1-2H3,(H,7,8);2H,1,5H2,(H2,6,7)(H,8,9);2H,1,5H2,(H,6,7)(H,8,9);2*2-3,6H,5H2,1H3,(H,7,8);2,5H,1,4H2,(H,6,7);2*2H,4H2,1H3,(H,5,6)/t4-;2*2-;2*2-,3+;3*2-/m00011000/s1. The fraction of sp³-hybridized carbons (Fsp3) is 0.667. The van der Waals surface area contributed by atoms with Crippen LogP contribution in [-0.4, -0.2) is 188 Å². The molecule has 0 aromatic rings. The molecule has 31 nitrogen and oxygen atoms in total. The van der Waals surface area contributed by atoms with Gasteiger partial charge in [-0.15, -0.1) is 0 Å². The maximum atomic E-state index is 10.0. The minimum Gasteiger partial charge on any atom is -0.481 e. The van der Waals surface area contributed by atoms with Crippen LogP contribution in [0.2, 0.25) is 0 Å². The number of amides is 1. The first-order chi connectivity index (χ1) is 27.2. The highest BCUT2D eigenvalue weighted by Crippen LogP contribution is 1.96. The molecule has 31 heteroatoms. The van der Waals surface area contributed by atoms with Gasteiger partial charge in [-0.1, -0.05) is 13.8 Å². The summed E-state index contributed by atoms with van der Waals surface area (Å²) in [7, 11) is 0. The summed E-state index contributed by atoms with van der Waals surface area (Å²) in [6, 6.07) is -8.07. The van der Waals surface area contributed by atoms with Crippen molar-refractivity contribution in [2.75, 3.05) is 6.61 Å². The van der Waals surface area contributed by atoms with Crippen molar-refractivity contribution in [1.29, 1.82) is 0 Å². The molecule has 0 aliphatic carbocycles. The van der Waals surface area contributed by atoms with E-state index >= 15 is 0 Å². The molecule has 0 aliphatic rings. The summed E-state index contributed by atoms with van der Waals surface area (Å²) in [6.07, 6.45) is -2.80. The number of rotatable bonds is 16. The highest BCUT2D eigenvalue weighted by molar-refractivity contribution is 5.83. The molecule has 30 N–H and O–H groups in total. The Hall–Kier alpha value is -5.74. The minimum absolute atomic E-state index is 0.0208. The molecule has 0 rings (SSSR count). The number of aliphatic carboxylic acids is 9. The number of nitrogens with two attached hydrogens (primary N) is 9. The first-order valence-corrected chi connectivity index (χ1v) is 16.5. The fourth-order valence-corrected chi connectivity index (χ4v) is 1.36. The molecule has 0 aliphatic heterocycles. The lowest BCUT2D eigenvalue weighted by molar-refractivity contribution is -0.144. The highest BCUT2D eigenvalue weighted by atomic mass is 16.4. The second kappa shape index (κ2) is 42.4. The highest BCUT2D eigenvalue weighted by Gasteiger charge is 2.18. The Morgan fingerprint density at radius 1 is 0.393 bits per heavy atom. The largest absolute Gasteiger partial charge is 0.481 e. The summed E-state index contributed by atoms with van der Waals surface area (Å²) >= 11 is 0. The van der Waals surface area contributed by atoms with Gasteiger partial charge < -0.3 is 113 Å². The quantitative estimate of drug-likeness (QED) is 0.0684. The number of aliphatic hydroxyl groups is 3. The zero-order valence-electron chi connectivity index (χ0n) is 34.1. The molecule has 0 spiro atoms. The number of carboxylic acid groups (broad SMARTS) is 9. The Balaban J connectivity index is -0.0000000881. The number of aliphatic hydroxyl groups excluding tert-OH is 3. The third-order valence-electron chi connectivity index (χ3n) is 5.36. The average Bonchev–Trinajstić information content (AvgIpc) is 3.10. The summed E-state index contributed by atoms with van der Waals surface area (Å²) in [6.45, 7) is 8.55. The van der Waals surface area contributed by atoms with Gasteiger partial charge in [0.25, 0.3) is 0 Å². The van der Waals surface area contributed by atoms with Crippen molar-refractivity contribution >= 4 is 59.6 Å². The van der Waals surface area contributed by atoms with Gasteiger partial charge >= 0.3 is 53.7 Å². The Morgan fingerprint density at radius 2 is 0.623 bits per heavy atom. The molecule has 0 aromatic heterocycles. The van der Waals surface area contributed by atoms with Crippen LogP contribution in [0.3, 0.4) is 0 Å². The van der Waals surface area contributed by atoms with Gasteiger partial charge in [-0.3, -0.25) is 47.9 Å². The fourth-order valence-electron chi connectivity index (χ4n) is 1.36. The van der Waals surface area contributed by atoms with Crippen molar-refractivity contribution in [2.45, 2.75) is 115 Å². The summed E-state index contributed by atoms with van der Waals surface area (Å²) in [4.78, 5) is 98.0. The van der Waals surface area contributed by atoms with E-state index in [1.807, 2.05) is 0 Å². The zero-order chi connectivity index (χ0) is 51.2. The molecule has 0 aromatic carbocycles. The molecule has 10 atom stereocenters. The Bertz CT molecular complexity index is 1200. The Labute approximate surface area is 348 Å². The maximum absolute atomic E-state index is 10.0. The van der Waals surface area contributed by atoms with Gasteiger partial charge in [-0.2, -0.15) is 0 Å². The van der Waals surface area contributed by atoms with Crippen molar-refractivity contribution in [3.8, 4) is 0 Å². The Kier molecular flexibility index (Phi) is 50.6. The van der Waals surface area contributed by atoms with Crippen LogP contribution in [0.25, 0.3) is 0 Å². The topological polar surface area (TPSA) is 648 Å². The van der Waals surface area contributed by atoms with Gasteiger partial charge in [-0.25, -0.2) is 0 Å². The minimum atomic E-state index is -1.29. The second-order valence-electron chi connectivity index (χ2n) is 11.9. The van der Waals surface area contributed by atoms with Crippen LogP contribution in [-0.2, 0) is 47.9 Å². The van der Waals surface area contributed by atoms with Crippen LogP contribution in [0.15, 0.2) is 0 Å². The van der Waals surface area contributed by atoms with Gasteiger partial charge in [0, 0.05) is 0 Å². The second-order valence-corrected chi connectivity index (χ2v) is 11.9. The number of primary amides is 1. The van der Waals surface area contributed by atoms with Crippen LogP contribution in [0.1, 0.15) is 54.4 Å². The Morgan fingerprint density at radius 3 is 0.656 bits per heavy atom. The maximum Gasteiger partial charge on any atom is 0.323 e. The van der Waals surface area contributed by atoms with E-state index in [1.165, 1.54) is 27.7 Å². The average molecular weight is 904 g/mol. The van der Waals surface area contributed by atoms with Gasteiger partial charge in [0.2, 0.25) is 5.91 Å². The van der Waals surface area contributed by atoms with E-state index in [0.29, 0.717) is 0 Å². The predicted octanol–water partition coefficient (Wildman–Crippen LogP) is -8.01. The van der Waals surface area contributed by atoms with Crippen LogP contribution in [0.4, 0.5) is 0 Å². The summed E-state index contributed by atoms with van der Waals surface area (Å²) in [5.74, 6) is -10.8.